The molecule has 1 unspecified atom stereocenters. The van der Waals surface area contributed by atoms with Gasteiger partial charge in [-0.1, -0.05) is 12.1 Å². The number of ether oxygens (including phenoxy) is 3. The summed E-state index contributed by atoms with van der Waals surface area (Å²) in [5.74, 6) is -0.943. The number of rotatable bonds is 4. The first-order valence-electron chi connectivity index (χ1n) is 10.6. The standard InChI is InChI=1S/C26H20FNO6/c1-32-19-9-2-15(3-10-19)23-22(24(29)16-4-11-20-21(14-16)34-13-12-33-20)25(30)26(31)28(23)18-7-5-17(27)6-8-18/h2-11,14,23,29H,12-13H2,1H3/b24-22-. The number of benzene rings is 3. The normalized spacial score (nSPS) is 18.8. The molecule has 2 aliphatic rings. The van der Waals surface area contributed by atoms with Crippen molar-refractivity contribution in [3.05, 3.63) is 89.2 Å². The number of aliphatic hydroxyl groups is 1. The molecule has 172 valence electrons. The van der Waals surface area contributed by atoms with Crippen molar-refractivity contribution < 1.29 is 33.3 Å². The maximum atomic E-state index is 13.6. The summed E-state index contributed by atoms with van der Waals surface area (Å²) in [7, 11) is 1.53. The van der Waals surface area contributed by atoms with Gasteiger partial charge in [0, 0.05) is 11.3 Å². The number of nitrogens with zero attached hydrogens (tertiary/aromatic N) is 1. The quantitative estimate of drug-likeness (QED) is 0.356. The third-order valence-corrected chi connectivity index (χ3v) is 5.80. The van der Waals surface area contributed by atoms with Gasteiger partial charge in [-0.25, -0.2) is 4.39 Å². The van der Waals surface area contributed by atoms with Crippen LogP contribution in [-0.2, 0) is 9.59 Å². The van der Waals surface area contributed by atoms with Crippen LogP contribution in [0.15, 0.2) is 72.3 Å². The fourth-order valence-electron chi connectivity index (χ4n) is 4.15. The van der Waals surface area contributed by atoms with Crippen LogP contribution in [0.3, 0.4) is 0 Å². The topological polar surface area (TPSA) is 85.3 Å². The molecule has 0 radical (unpaired) electrons. The van der Waals surface area contributed by atoms with E-state index in [9.17, 15) is 19.1 Å². The van der Waals surface area contributed by atoms with Crippen LogP contribution in [0.25, 0.3) is 5.76 Å². The fourth-order valence-corrected chi connectivity index (χ4v) is 4.15. The Morgan fingerprint density at radius 1 is 0.971 bits per heavy atom. The summed E-state index contributed by atoms with van der Waals surface area (Å²) in [5, 5.41) is 11.3. The molecule has 2 aliphatic heterocycles. The van der Waals surface area contributed by atoms with Crippen molar-refractivity contribution in [3.8, 4) is 17.2 Å². The van der Waals surface area contributed by atoms with E-state index in [0.717, 1.165) is 0 Å². The van der Waals surface area contributed by atoms with E-state index in [2.05, 4.69) is 0 Å². The molecule has 7 nitrogen and oxygen atoms in total. The van der Waals surface area contributed by atoms with Crippen LogP contribution >= 0.6 is 0 Å². The number of carbonyl (C=O) groups excluding carboxylic acids is 2. The van der Waals surface area contributed by atoms with Gasteiger partial charge in [-0.3, -0.25) is 14.5 Å². The van der Waals surface area contributed by atoms with Crippen LogP contribution in [0.4, 0.5) is 10.1 Å². The van der Waals surface area contributed by atoms with E-state index in [4.69, 9.17) is 14.2 Å². The SMILES string of the molecule is COc1ccc(C2/C(=C(/O)c3ccc4c(c3)OCCO4)C(=O)C(=O)N2c2ccc(F)cc2)cc1. The third-order valence-electron chi connectivity index (χ3n) is 5.80. The molecule has 0 bridgehead atoms. The molecule has 0 aromatic heterocycles. The Morgan fingerprint density at radius 2 is 1.65 bits per heavy atom. The van der Waals surface area contributed by atoms with Gasteiger partial charge in [0.05, 0.1) is 18.7 Å². The smallest absolute Gasteiger partial charge is 0.300 e. The van der Waals surface area contributed by atoms with Crippen LogP contribution in [0.2, 0.25) is 0 Å². The van der Waals surface area contributed by atoms with Gasteiger partial charge in [0.2, 0.25) is 0 Å². The van der Waals surface area contributed by atoms with Crippen molar-refractivity contribution in [2.24, 2.45) is 0 Å². The van der Waals surface area contributed by atoms with E-state index in [1.54, 1.807) is 42.5 Å². The van der Waals surface area contributed by atoms with Crippen molar-refractivity contribution >= 4 is 23.1 Å². The third kappa shape index (κ3) is 3.63. The molecular formula is C26H20FNO6. The number of hydrogen-bond acceptors (Lipinski definition) is 6. The van der Waals surface area contributed by atoms with Gasteiger partial charge in [0.25, 0.3) is 11.7 Å². The first-order chi connectivity index (χ1) is 16.5. The second-order valence-electron chi connectivity index (χ2n) is 7.78. The minimum absolute atomic E-state index is 0.0869. The van der Waals surface area contributed by atoms with Crippen molar-refractivity contribution in [1.29, 1.82) is 0 Å². The number of aliphatic hydroxyl groups excluding tert-OH is 1. The second-order valence-corrected chi connectivity index (χ2v) is 7.78. The highest BCUT2D eigenvalue weighted by molar-refractivity contribution is 6.51. The second kappa shape index (κ2) is 8.55. The summed E-state index contributed by atoms with van der Waals surface area (Å²) >= 11 is 0. The molecule has 1 atom stereocenters. The number of methoxy groups -OCH3 is 1. The molecule has 0 saturated carbocycles. The van der Waals surface area contributed by atoms with Crippen LogP contribution in [0.5, 0.6) is 17.2 Å². The van der Waals surface area contributed by atoms with E-state index in [-0.39, 0.29) is 11.3 Å². The monoisotopic (exact) mass is 461 g/mol. The highest BCUT2D eigenvalue weighted by Gasteiger charge is 2.47. The first-order valence-corrected chi connectivity index (χ1v) is 10.6. The number of amides is 1. The number of anilines is 1. The summed E-state index contributed by atoms with van der Waals surface area (Å²) in [6.07, 6.45) is 0. The summed E-state index contributed by atoms with van der Waals surface area (Å²) < 4.78 is 29.9. The molecule has 3 aromatic rings. The molecular weight excluding hydrogens is 441 g/mol. The molecule has 5 rings (SSSR count). The molecule has 0 aliphatic carbocycles. The van der Waals surface area contributed by atoms with Gasteiger partial charge < -0.3 is 19.3 Å². The highest BCUT2D eigenvalue weighted by Crippen LogP contribution is 2.43. The number of hydrogen-bond donors (Lipinski definition) is 1. The summed E-state index contributed by atoms with van der Waals surface area (Å²) in [6.45, 7) is 0.774. The largest absolute Gasteiger partial charge is 0.507 e. The summed E-state index contributed by atoms with van der Waals surface area (Å²) in [5.41, 5.74) is 1.12. The van der Waals surface area contributed by atoms with Gasteiger partial charge >= 0.3 is 0 Å². The molecule has 1 fully saturated rings. The Bertz CT molecular complexity index is 1300. The number of halogens is 1. The minimum atomic E-state index is -0.940. The van der Waals surface area contributed by atoms with Gasteiger partial charge in [0.1, 0.15) is 30.5 Å². The number of fused-ring (bicyclic) bond motifs is 1. The summed E-state index contributed by atoms with van der Waals surface area (Å²) in [6, 6.07) is 15.9. The molecule has 2 heterocycles. The van der Waals surface area contributed by atoms with E-state index in [1.165, 1.54) is 36.3 Å². The van der Waals surface area contributed by atoms with Crippen molar-refractivity contribution in [2.75, 3.05) is 25.2 Å². The Morgan fingerprint density at radius 3 is 2.32 bits per heavy atom. The van der Waals surface area contributed by atoms with E-state index >= 15 is 0 Å². The molecule has 8 heteroatoms. The Labute approximate surface area is 194 Å². The van der Waals surface area contributed by atoms with Crippen molar-refractivity contribution in [1.82, 2.24) is 0 Å². The van der Waals surface area contributed by atoms with Gasteiger partial charge in [-0.2, -0.15) is 0 Å². The molecule has 3 aromatic carbocycles. The Balaban J connectivity index is 1.68. The average molecular weight is 461 g/mol. The van der Waals surface area contributed by atoms with Gasteiger partial charge in [-0.05, 0) is 60.2 Å². The lowest BCUT2D eigenvalue weighted by atomic mass is 9.95. The van der Waals surface area contributed by atoms with Gasteiger partial charge in [0.15, 0.2) is 11.5 Å². The number of Topliss-reactive ketones (excluding diaryl/α,β-unsaturated/α-hetero) is 1. The fraction of sp³-hybridized carbons (Fsp3) is 0.154. The lowest BCUT2D eigenvalue weighted by Gasteiger charge is -2.25. The number of carbonyl (C=O) groups is 2. The Hall–Kier alpha value is -4.33. The predicted molar refractivity (Wildman–Crippen MR) is 122 cm³/mol. The zero-order valence-electron chi connectivity index (χ0n) is 18.2. The highest BCUT2D eigenvalue weighted by atomic mass is 19.1. The van der Waals surface area contributed by atoms with Crippen LogP contribution in [0, 0.1) is 5.82 Å². The molecule has 1 saturated heterocycles. The average Bonchev–Trinajstić information content (AvgIpc) is 3.14. The van der Waals surface area contributed by atoms with Crippen LogP contribution < -0.4 is 19.1 Å². The molecule has 1 amide bonds. The van der Waals surface area contributed by atoms with E-state index in [1.807, 2.05) is 0 Å². The minimum Gasteiger partial charge on any atom is -0.507 e. The lowest BCUT2D eigenvalue weighted by Crippen LogP contribution is -2.29. The summed E-state index contributed by atoms with van der Waals surface area (Å²) in [4.78, 5) is 27.6. The van der Waals surface area contributed by atoms with Crippen molar-refractivity contribution in [2.45, 2.75) is 6.04 Å². The molecule has 34 heavy (non-hydrogen) atoms. The van der Waals surface area contributed by atoms with Crippen LogP contribution in [0.1, 0.15) is 17.2 Å². The maximum absolute atomic E-state index is 13.6. The van der Waals surface area contributed by atoms with E-state index < -0.39 is 23.5 Å². The zero-order chi connectivity index (χ0) is 23.8. The first kappa shape index (κ1) is 21.5. The van der Waals surface area contributed by atoms with Gasteiger partial charge in [-0.15, -0.1) is 0 Å². The van der Waals surface area contributed by atoms with Crippen LogP contribution in [-0.4, -0.2) is 37.1 Å². The molecule has 1 N–H and O–H groups in total. The molecule has 0 spiro atoms. The Kier molecular flexibility index (Phi) is 5.41. The predicted octanol–water partition coefficient (Wildman–Crippen LogP) is 4.23. The number of ketones is 1. The van der Waals surface area contributed by atoms with Crippen molar-refractivity contribution in [3.63, 3.8) is 0 Å². The zero-order valence-corrected chi connectivity index (χ0v) is 18.2. The maximum Gasteiger partial charge on any atom is 0.300 e. The van der Waals surface area contributed by atoms with E-state index in [0.29, 0.717) is 47.3 Å². The lowest BCUT2D eigenvalue weighted by molar-refractivity contribution is -0.132.